The first-order chi connectivity index (χ1) is 12.6. The lowest BCUT2D eigenvalue weighted by Gasteiger charge is -2.18. The van der Waals surface area contributed by atoms with E-state index in [2.05, 4.69) is 5.32 Å². The number of benzene rings is 2. The zero-order valence-electron chi connectivity index (χ0n) is 15.5. The summed E-state index contributed by atoms with van der Waals surface area (Å²) in [5.74, 6) is -0.0994. The van der Waals surface area contributed by atoms with Crippen LogP contribution in [0, 0.1) is 6.92 Å². The van der Waals surface area contributed by atoms with Gasteiger partial charge in [0.15, 0.2) is 0 Å². The van der Waals surface area contributed by atoms with Crippen molar-refractivity contribution in [3.05, 3.63) is 59.2 Å². The summed E-state index contributed by atoms with van der Waals surface area (Å²) in [6.45, 7) is 1.89. The molecule has 0 aliphatic carbocycles. The SMILES string of the molecule is COc1ccc(C)cc1/C=C/C(=O)Nc1ccc(N(C)C)cc1C(F)(F)F. The Morgan fingerprint density at radius 2 is 1.85 bits per heavy atom. The number of nitrogens with zero attached hydrogens (tertiary/aromatic N) is 1. The van der Waals surface area contributed by atoms with Gasteiger partial charge in [-0.3, -0.25) is 4.79 Å². The van der Waals surface area contributed by atoms with Gasteiger partial charge in [0.25, 0.3) is 0 Å². The number of ether oxygens (including phenoxy) is 1. The maximum absolute atomic E-state index is 13.3. The number of nitrogens with one attached hydrogen (secondary N) is 1. The number of anilines is 2. The van der Waals surface area contributed by atoms with Gasteiger partial charge >= 0.3 is 6.18 Å². The van der Waals surface area contributed by atoms with Gasteiger partial charge in [-0.2, -0.15) is 13.2 Å². The van der Waals surface area contributed by atoms with Gasteiger partial charge in [0.2, 0.25) is 5.91 Å². The van der Waals surface area contributed by atoms with E-state index in [0.717, 1.165) is 11.6 Å². The fourth-order valence-corrected chi connectivity index (χ4v) is 2.48. The van der Waals surface area contributed by atoms with Crippen molar-refractivity contribution < 1.29 is 22.7 Å². The van der Waals surface area contributed by atoms with E-state index in [0.29, 0.717) is 17.0 Å². The number of hydrogen-bond acceptors (Lipinski definition) is 3. The lowest BCUT2D eigenvalue weighted by atomic mass is 10.1. The fraction of sp³-hybridized carbons (Fsp3) is 0.250. The summed E-state index contributed by atoms with van der Waals surface area (Å²) >= 11 is 0. The number of carbonyl (C=O) groups excluding carboxylic acids is 1. The van der Waals surface area contributed by atoms with Crippen molar-refractivity contribution in [2.45, 2.75) is 13.1 Å². The summed E-state index contributed by atoms with van der Waals surface area (Å²) in [6, 6.07) is 9.20. The third kappa shape index (κ3) is 5.26. The Balaban J connectivity index is 2.27. The smallest absolute Gasteiger partial charge is 0.418 e. The largest absolute Gasteiger partial charge is 0.496 e. The standard InChI is InChI=1S/C20H21F3N2O2/c1-13-5-9-18(27-4)14(11-13)6-10-19(26)24-17-8-7-15(25(2)3)12-16(17)20(21,22)23/h5-12H,1-4H3,(H,24,26)/b10-6+. The molecule has 0 bridgehead atoms. The van der Waals surface area contributed by atoms with Gasteiger partial charge in [-0.15, -0.1) is 0 Å². The van der Waals surface area contributed by atoms with E-state index in [-0.39, 0.29) is 5.69 Å². The molecule has 0 aliphatic rings. The minimum Gasteiger partial charge on any atom is -0.496 e. The van der Waals surface area contributed by atoms with Gasteiger partial charge in [0.05, 0.1) is 18.4 Å². The molecule has 144 valence electrons. The van der Waals surface area contributed by atoms with Crippen LogP contribution < -0.4 is 15.0 Å². The summed E-state index contributed by atoms with van der Waals surface area (Å²) < 4.78 is 45.2. The van der Waals surface area contributed by atoms with Gasteiger partial charge in [-0.1, -0.05) is 11.6 Å². The Hall–Kier alpha value is -2.96. The van der Waals surface area contributed by atoms with Crippen LogP contribution in [0.25, 0.3) is 6.08 Å². The normalized spacial score (nSPS) is 11.5. The molecule has 4 nitrogen and oxygen atoms in total. The van der Waals surface area contributed by atoms with E-state index in [1.165, 1.54) is 31.4 Å². The van der Waals surface area contributed by atoms with Gasteiger partial charge in [-0.25, -0.2) is 0 Å². The molecule has 0 spiro atoms. The van der Waals surface area contributed by atoms with Gasteiger partial charge in [-0.05, 0) is 43.3 Å². The van der Waals surface area contributed by atoms with Crippen molar-refractivity contribution in [1.82, 2.24) is 0 Å². The molecule has 0 unspecified atom stereocenters. The Morgan fingerprint density at radius 3 is 2.44 bits per heavy atom. The molecule has 2 aromatic carbocycles. The molecule has 1 N–H and O–H groups in total. The number of amides is 1. The Morgan fingerprint density at radius 1 is 1.15 bits per heavy atom. The maximum atomic E-state index is 13.3. The molecule has 7 heteroatoms. The molecule has 1 amide bonds. The van der Waals surface area contributed by atoms with E-state index in [4.69, 9.17) is 4.74 Å². The number of carbonyl (C=O) groups is 1. The molecule has 27 heavy (non-hydrogen) atoms. The highest BCUT2D eigenvalue weighted by atomic mass is 19.4. The molecule has 0 aliphatic heterocycles. The van der Waals surface area contributed by atoms with Crippen LogP contribution in [0.4, 0.5) is 24.5 Å². The quantitative estimate of drug-likeness (QED) is 0.764. The number of aryl methyl sites for hydroxylation is 1. The minimum absolute atomic E-state index is 0.293. The van der Waals surface area contributed by atoms with E-state index in [1.54, 1.807) is 25.1 Å². The Bertz CT molecular complexity index is 859. The molecule has 0 radical (unpaired) electrons. The van der Waals surface area contributed by atoms with Crippen molar-refractivity contribution in [2.24, 2.45) is 0 Å². The van der Waals surface area contributed by atoms with Crippen LogP contribution >= 0.6 is 0 Å². The zero-order valence-corrected chi connectivity index (χ0v) is 15.5. The second-order valence-corrected chi connectivity index (χ2v) is 6.19. The average molecular weight is 378 g/mol. The van der Waals surface area contributed by atoms with E-state index in [9.17, 15) is 18.0 Å². The van der Waals surface area contributed by atoms with Crippen LogP contribution in [0.1, 0.15) is 16.7 Å². The molecular formula is C20H21F3N2O2. The second kappa shape index (κ2) is 8.16. The number of methoxy groups -OCH3 is 1. The molecule has 0 saturated carbocycles. The monoisotopic (exact) mass is 378 g/mol. The molecule has 2 rings (SSSR count). The molecule has 0 heterocycles. The van der Waals surface area contributed by atoms with Crippen LogP contribution in [0.2, 0.25) is 0 Å². The number of halogens is 3. The Kier molecular flexibility index (Phi) is 6.15. The molecule has 0 fully saturated rings. The molecule has 0 atom stereocenters. The summed E-state index contributed by atoms with van der Waals surface area (Å²) in [6.07, 6.45) is -1.90. The third-order valence-corrected chi connectivity index (χ3v) is 3.88. The number of hydrogen-bond donors (Lipinski definition) is 1. The highest BCUT2D eigenvalue weighted by molar-refractivity contribution is 6.02. The second-order valence-electron chi connectivity index (χ2n) is 6.19. The van der Waals surface area contributed by atoms with Gasteiger partial charge in [0.1, 0.15) is 5.75 Å². The number of alkyl halides is 3. The van der Waals surface area contributed by atoms with Crippen LogP contribution in [-0.4, -0.2) is 27.1 Å². The van der Waals surface area contributed by atoms with E-state index in [1.807, 2.05) is 19.1 Å². The topological polar surface area (TPSA) is 41.6 Å². The highest BCUT2D eigenvalue weighted by Gasteiger charge is 2.34. The highest BCUT2D eigenvalue weighted by Crippen LogP contribution is 2.37. The zero-order chi connectivity index (χ0) is 20.2. The first-order valence-electron chi connectivity index (χ1n) is 8.14. The lowest BCUT2D eigenvalue weighted by molar-refractivity contribution is -0.136. The average Bonchev–Trinajstić information content (AvgIpc) is 2.59. The first-order valence-corrected chi connectivity index (χ1v) is 8.14. The predicted octanol–water partition coefficient (Wildman–Crippen LogP) is 4.74. The summed E-state index contributed by atoms with van der Waals surface area (Å²) in [4.78, 5) is 13.7. The molecule has 2 aromatic rings. The minimum atomic E-state index is -4.59. The van der Waals surface area contributed by atoms with E-state index >= 15 is 0 Å². The van der Waals surface area contributed by atoms with Crippen molar-refractivity contribution in [3.63, 3.8) is 0 Å². The third-order valence-electron chi connectivity index (χ3n) is 3.88. The summed E-state index contributed by atoms with van der Waals surface area (Å²) in [5, 5.41) is 2.30. The van der Waals surface area contributed by atoms with E-state index < -0.39 is 17.6 Å². The van der Waals surface area contributed by atoms with Crippen molar-refractivity contribution in [1.29, 1.82) is 0 Å². The molecular weight excluding hydrogens is 357 g/mol. The predicted molar refractivity (Wildman–Crippen MR) is 101 cm³/mol. The van der Waals surface area contributed by atoms with Crippen LogP contribution in [0.5, 0.6) is 5.75 Å². The molecule has 0 aromatic heterocycles. The van der Waals surface area contributed by atoms with Crippen LogP contribution in [0.15, 0.2) is 42.5 Å². The van der Waals surface area contributed by atoms with Crippen LogP contribution in [-0.2, 0) is 11.0 Å². The van der Waals surface area contributed by atoms with Gasteiger partial charge in [0, 0.05) is 31.4 Å². The summed E-state index contributed by atoms with van der Waals surface area (Å²) in [7, 11) is 4.79. The summed E-state index contributed by atoms with van der Waals surface area (Å²) in [5.41, 5.74) is 0.823. The fourth-order valence-electron chi connectivity index (χ4n) is 2.48. The van der Waals surface area contributed by atoms with Gasteiger partial charge < -0.3 is 15.0 Å². The molecule has 0 saturated heterocycles. The van der Waals surface area contributed by atoms with Crippen molar-refractivity contribution in [2.75, 3.05) is 31.4 Å². The number of rotatable bonds is 5. The maximum Gasteiger partial charge on any atom is 0.418 e. The van der Waals surface area contributed by atoms with Crippen molar-refractivity contribution >= 4 is 23.4 Å². The van der Waals surface area contributed by atoms with Crippen molar-refractivity contribution in [3.8, 4) is 5.75 Å². The Labute approximate surface area is 156 Å². The van der Waals surface area contributed by atoms with Crippen LogP contribution in [0.3, 0.4) is 0 Å². The first kappa shape index (κ1) is 20.4. The lowest BCUT2D eigenvalue weighted by Crippen LogP contribution is -2.16.